The number of carbonyl (C=O) groups is 1. The summed E-state index contributed by atoms with van der Waals surface area (Å²) in [7, 11) is 4.76. The normalized spacial score (nSPS) is 23.2. The number of carbonyl (C=O) groups excluding carboxylic acids is 1. The second-order valence-corrected chi connectivity index (χ2v) is 6.51. The zero-order valence-electron chi connectivity index (χ0n) is 14.6. The van der Waals surface area contributed by atoms with Crippen molar-refractivity contribution in [3.05, 3.63) is 35.4 Å². The third kappa shape index (κ3) is 3.00. The van der Waals surface area contributed by atoms with Crippen LogP contribution in [-0.2, 0) is 16.0 Å². The molecular weight excluding hydrogens is 306 g/mol. The van der Waals surface area contributed by atoms with E-state index in [-0.39, 0.29) is 17.9 Å². The summed E-state index contributed by atoms with van der Waals surface area (Å²) in [5.74, 6) is 1.53. The molecule has 5 heteroatoms. The van der Waals surface area contributed by atoms with Crippen LogP contribution in [0, 0.1) is 5.92 Å². The molecule has 24 heavy (non-hydrogen) atoms. The maximum absolute atomic E-state index is 11.7. The summed E-state index contributed by atoms with van der Waals surface area (Å²) in [4.78, 5) is 14.2. The fourth-order valence-corrected chi connectivity index (χ4v) is 3.88. The molecule has 1 aromatic rings. The van der Waals surface area contributed by atoms with Crippen LogP contribution < -0.4 is 9.47 Å². The molecule has 0 N–H and O–H groups in total. The molecule has 2 aliphatic heterocycles. The number of methoxy groups -OCH3 is 3. The minimum Gasteiger partial charge on any atom is -0.493 e. The fraction of sp³-hybridized carbons (Fsp3) is 0.526. The average molecular weight is 331 g/mol. The monoisotopic (exact) mass is 331 g/mol. The fourth-order valence-electron chi connectivity index (χ4n) is 3.88. The molecule has 3 rings (SSSR count). The summed E-state index contributed by atoms with van der Waals surface area (Å²) >= 11 is 0. The largest absolute Gasteiger partial charge is 0.493 e. The number of nitrogens with zero attached hydrogens (tertiary/aromatic N) is 1. The van der Waals surface area contributed by atoms with Crippen LogP contribution >= 0.6 is 0 Å². The van der Waals surface area contributed by atoms with Crippen LogP contribution in [0.15, 0.2) is 24.3 Å². The van der Waals surface area contributed by atoms with Crippen LogP contribution in [0.3, 0.4) is 0 Å². The Morgan fingerprint density at radius 1 is 1.25 bits per heavy atom. The minimum absolute atomic E-state index is 0.165. The third-order valence-electron chi connectivity index (χ3n) is 5.25. The van der Waals surface area contributed by atoms with Gasteiger partial charge in [0, 0.05) is 19.1 Å². The van der Waals surface area contributed by atoms with Crippen LogP contribution in [0.1, 0.15) is 30.0 Å². The number of fused-ring (bicyclic) bond motifs is 3. The van der Waals surface area contributed by atoms with Crippen LogP contribution in [0.2, 0.25) is 0 Å². The quantitative estimate of drug-likeness (QED) is 0.627. The van der Waals surface area contributed by atoms with Crippen molar-refractivity contribution in [3.63, 3.8) is 0 Å². The highest BCUT2D eigenvalue weighted by Crippen LogP contribution is 2.44. The van der Waals surface area contributed by atoms with Gasteiger partial charge in [-0.15, -0.1) is 0 Å². The summed E-state index contributed by atoms with van der Waals surface area (Å²) in [5.41, 5.74) is 3.71. The number of hydrogen-bond donors (Lipinski definition) is 0. The highest BCUT2D eigenvalue weighted by Gasteiger charge is 2.36. The van der Waals surface area contributed by atoms with E-state index in [0.717, 1.165) is 43.0 Å². The standard InChI is InChI=1S/C19H25NO4/c1-12-11-20-6-5-13-8-17(22-2)18(23-3)10-15(13)16(20)7-14(12)9-19(21)24-4/h8,10,14,16H,1,5-7,9,11H2,2-4H3/t14-,16+/m1/s1. The number of benzene rings is 1. The SMILES string of the molecule is C=C1CN2CCc3cc(OC)c(OC)cc3[C@@H]2C[C@@H]1CC(=O)OC. The maximum atomic E-state index is 11.7. The lowest BCUT2D eigenvalue weighted by atomic mass is 9.79. The topological polar surface area (TPSA) is 48.0 Å². The Morgan fingerprint density at radius 2 is 1.96 bits per heavy atom. The van der Waals surface area contributed by atoms with E-state index in [0.29, 0.717) is 6.42 Å². The summed E-state index contributed by atoms with van der Waals surface area (Å²) in [6, 6.07) is 4.46. The van der Waals surface area contributed by atoms with Crippen molar-refractivity contribution in [1.29, 1.82) is 0 Å². The van der Waals surface area contributed by atoms with E-state index in [2.05, 4.69) is 23.6 Å². The molecule has 1 saturated heterocycles. The summed E-state index contributed by atoms with van der Waals surface area (Å²) in [6.07, 6.45) is 2.28. The molecule has 0 bridgehead atoms. The minimum atomic E-state index is -0.169. The molecule has 1 aromatic carbocycles. The number of hydrogen-bond acceptors (Lipinski definition) is 5. The molecule has 2 aliphatic rings. The van der Waals surface area contributed by atoms with E-state index < -0.39 is 0 Å². The second-order valence-electron chi connectivity index (χ2n) is 6.51. The van der Waals surface area contributed by atoms with E-state index in [4.69, 9.17) is 14.2 Å². The lowest BCUT2D eigenvalue weighted by Crippen LogP contribution is -2.42. The van der Waals surface area contributed by atoms with Gasteiger partial charge in [0.2, 0.25) is 0 Å². The highest BCUT2D eigenvalue weighted by molar-refractivity contribution is 5.70. The van der Waals surface area contributed by atoms with Crippen molar-refractivity contribution in [2.24, 2.45) is 5.92 Å². The lowest BCUT2D eigenvalue weighted by molar-refractivity contribution is -0.141. The Morgan fingerprint density at radius 3 is 2.62 bits per heavy atom. The van der Waals surface area contributed by atoms with Gasteiger partial charge in [-0.05, 0) is 42.0 Å². The maximum Gasteiger partial charge on any atom is 0.306 e. The molecule has 5 nitrogen and oxygen atoms in total. The van der Waals surface area contributed by atoms with E-state index in [1.54, 1.807) is 14.2 Å². The molecule has 0 unspecified atom stereocenters. The molecular formula is C19H25NO4. The molecule has 0 spiro atoms. The molecule has 0 radical (unpaired) electrons. The zero-order chi connectivity index (χ0) is 17.3. The van der Waals surface area contributed by atoms with Gasteiger partial charge in [0.15, 0.2) is 11.5 Å². The van der Waals surface area contributed by atoms with Gasteiger partial charge in [0.25, 0.3) is 0 Å². The summed E-state index contributed by atoms with van der Waals surface area (Å²) < 4.78 is 15.7. The number of esters is 1. The van der Waals surface area contributed by atoms with Crippen molar-refractivity contribution < 1.29 is 19.0 Å². The predicted molar refractivity (Wildman–Crippen MR) is 91.4 cm³/mol. The number of ether oxygens (including phenoxy) is 3. The van der Waals surface area contributed by atoms with Gasteiger partial charge < -0.3 is 14.2 Å². The van der Waals surface area contributed by atoms with Crippen molar-refractivity contribution in [3.8, 4) is 11.5 Å². The molecule has 1 fully saturated rings. The van der Waals surface area contributed by atoms with E-state index >= 15 is 0 Å². The van der Waals surface area contributed by atoms with Crippen molar-refractivity contribution >= 4 is 5.97 Å². The van der Waals surface area contributed by atoms with Crippen molar-refractivity contribution in [2.45, 2.75) is 25.3 Å². The highest BCUT2D eigenvalue weighted by atomic mass is 16.5. The zero-order valence-corrected chi connectivity index (χ0v) is 14.6. The van der Waals surface area contributed by atoms with Crippen LogP contribution in [0.25, 0.3) is 0 Å². The first-order chi connectivity index (χ1) is 11.6. The predicted octanol–water partition coefficient (Wildman–Crippen LogP) is 2.74. The van der Waals surface area contributed by atoms with Gasteiger partial charge in [0.1, 0.15) is 0 Å². The first kappa shape index (κ1) is 16.8. The molecule has 2 heterocycles. The lowest BCUT2D eigenvalue weighted by Gasteiger charge is -2.44. The Balaban J connectivity index is 1.91. The van der Waals surface area contributed by atoms with Crippen molar-refractivity contribution in [1.82, 2.24) is 4.90 Å². The summed E-state index contributed by atoms with van der Waals surface area (Å²) in [6.45, 7) is 6.03. The van der Waals surface area contributed by atoms with Crippen LogP contribution in [0.4, 0.5) is 0 Å². The van der Waals surface area contributed by atoms with Gasteiger partial charge in [-0.3, -0.25) is 9.69 Å². The second kappa shape index (κ2) is 6.85. The van der Waals surface area contributed by atoms with Crippen LogP contribution in [0.5, 0.6) is 11.5 Å². The average Bonchev–Trinajstić information content (AvgIpc) is 2.60. The molecule has 0 aromatic heterocycles. The van der Waals surface area contributed by atoms with Gasteiger partial charge in [-0.25, -0.2) is 0 Å². The van der Waals surface area contributed by atoms with Gasteiger partial charge >= 0.3 is 5.97 Å². The third-order valence-corrected chi connectivity index (χ3v) is 5.25. The molecule has 2 atom stereocenters. The Labute approximate surface area is 143 Å². The summed E-state index contributed by atoms with van der Waals surface area (Å²) in [5, 5.41) is 0. The Hall–Kier alpha value is -2.01. The number of rotatable bonds is 4. The molecule has 130 valence electrons. The van der Waals surface area contributed by atoms with E-state index in [1.165, 1.54) is 18.2 Å². The molecule has 0 saturated carbocycles. The number of piperidine rings is 1. The van der Waals surface area contributed by atoms with Gasteiger partial charge in [-0.1, -0.05) is 12.2 Å². The first-order valence-electron chi connectivity index (χ1n) is 8.30. The van der Waals surface area contributed by atoms with E-state index in [1.807, 2.05) is 0 Å². The van der Waals surface area contributed by atoms with Gasteiger partial charge in [0.05, 0.1) is 27.8 Å². The Kier molecular flexibility index (Phi) is 4.81. The molecule has 0 aliphatic carbocycles. The Bertz CT molecular complexity index is 655. The van der Waals surface area contributed by atoms with E-state index in [9.17, 15) is 4.79 Å². The van der Waals surface area contributed by atoms with Crippen molar-refractivity contribution in [2.75, 3.05) is 34.4 Å². The first-order valence-corrected chi connectivity index (χ1v) is 8.30. The van der Waals surface area contributed by atoms with Gasteiger partial charge in [-0.2, -0.15) is 0 Å². The van der Waals surface area contributed by atoms with Crippen LogP contribution in [-0.4, -0.2) is 45.3 Å². The molecule has 0 amide bonds. The smallest absolute Gasteiger partial charge is 0.306 e.